The van der Waals surface area contributed by atoms with Crippen LogP contribution in [0.15, 0.2) is 18.3 Å². The van der Waals surface area contributed by atoms with Gasteiger partial charge in [0.2, 0.25) is 5.88 Å². The molecule has 0 saturated heterocycles. The van der Waals surface area contributed by atoms with Crippen molar-refractivity contribution in [3.63, 3.8) is 0 Å². The molecule has 1 rings (SSSR count). The highest BCUT2D eigenvalue weighted by molar-refractivity contribution is 5.20. The monoisotopic (exact) mass is 238 g/mol. The summed E-state index contributed by atoms with van der Waals surface area (Å²) in [6, 6.07) is 4.23. The first-order chi connectivity index (χ1) is 8.27. The Kier molecular flexibility index (Phi) is 6.58. The molecule has 0 aliphatic carbocycles. The van der Waals surface area contributed by atoms with E-state index in [0.29, 0.717) is 18.5 Å². The predicted molar refractivity (Wildman–Crippen MR) is 68.1 cm³/mol. The number of unbranched alkanes of at least 4 members (excludes halogenated alkanes) is 2. The minimum absolute atomic E-state index is 0.259. The van der Waals surface area contributed by atoms with Gasteiger partial charge in [-0.3, -0.25) is 0 Å². The summed E-state index contributed by atoms with van der Waals surface area (Å²) >= 11 is 0. The molecule has 1 aromatic heterocycles. The average molecular weight is 238 g/mol. The SMILES string of the molecule is CNC(C)c1ccc(OCCCCCO)nc1. The summed E-state index contributed by atoms with van der Waals surface area (Å²) in [6.45, 7) is 3.01. The Morgan fingerprint density at radius 2 is 2.18 bits per heavy atom. The number of pyridine rings is 1. The number of nitrogens with one attached hydrogen (secondary N) is 1. The molecule has 0 aromatic carbocycles. The highest BCUT2D eigenvalue weighted by Gasteiger charge is 2.03. The van der Waals surface area contributed by atoms with E-state index in [4.69, 9.17) is 9.84 Å². The molecule has 0 amide bonds. The molecule has 1 aromatic rings. The van der Waals surface area contributed by atoms with Crippen LogP contribution in [0.4, 0.5) is 0 Å². The van der Waals surface area contributed by atoms with Crippen molar-refractivity contribution < 1.29 is 9.84 Å². The molecule has 0 radical (unpaired) electrons. The Bertz CT molecular complexity index is 301. The normalized spacial score (nSPS) is 12.4. The number of hydrogen-bond acceptors (Lipinski definition) is 4. The first-order valence-electron chi connectivity index (χ1n) is 6.14. The molecular formula is C13H22N2O2. The third-order valence-electron chi connectivity index (χ3n) is 2.74. The van der Waals surface area contributed by atoms with E-state index in [1.807, 2.05) is 25.4 Å². The van der Waals surface area contributed by atoms with Crippen molar-refractivity contribution in [2.75, 3.05) is 20.3 Å². The van der Waals surface area contributed by atoms with Crippen molar-refractivity contribution >= 4 is 0 Å². The fourth-order valence-electron chi connectivity index (χ4n) is 1.47. The van der Waals surface area contributed by atoms with E-state index >= 15 is 0 Å². The fourth-order valence-corrected chi connectivity index (χ4v) is 1.47. The molecular weight excluding hydrogens is 216 g/mol. The van der Waals surface area contributed by atoms with Crippen LogP contribution in [-0.4, -0.2) is 30.4 Å². The highest BCUT2D eigenvalue weighted by atomic mass is 16.5. The summed E-state index contributed by atoms with van der Waals surface area (Å²) in [6.07, 6.45) is 4.63. The van der Waals surface area contributed by atoms with E-state index in [9.17, 15) is 0 Å². The van der Waals surface area contributed by atoms with E-state index in [0.717, 1.165) is 24.8 Å². The number of hydrogen-bond donors (Lipinski definition) is 2. The van der Waals surface area contributed by atoms with Crippen molar-refractivity contribution in [2.24, 2.45) is 0 Å². The minimum Gasteiger partial charge on any atom is -0.478 e. The van der Waals surface area contributed by atoms with E-state index in [2.05, 4.69) is 17.2 Å². The summed E-state index contributed by atoms with van der Waals surface area (Å²) in [5.41, 5.74) is 1.15. The molecule has 2 N–H and O–H groups in total. The van der Waals surface area contributed by atoms with Gasteiger partial charge in [0.05, 0.1) is 6.61 Å². The van der Waals surface area contributed by atoms with Crippen LogP contribution in [0.1, 0.15) is 37.8 Å². The van der Waals surface area contributed by atoms with Gasteiger partial charge in [-0.15, -0.1) is 0 Å². The fraction of sp³-hybridized carbons (Fsp3) is 0.615. The molecule has 0 spiro atoms. The molecule has 1 heterocycles. The van der Waals surface area contributed by atoms with Gasteiger partial charge in [-0.2, -0.15) is 0 Å². The second-order valence-corrected chi connectivity index (χ2v) is 4.07. The van der Waals surface area contributed by atoms with Crippen LogP contribution in [0.3, 0.4) is 0 Å². The van der Waals surface area contributed by atoms with E-state index < -0.39 is 0 Å². The molecule has 0 saturated carbocycles. The van der Waals surface area contributed by atoms with Crippen LogP contribution >= 0.6 is 0 Å². The Balaban J connectivity index is 2.30. The zero-order chi connectivity index (χ0) is 12.5. The highest BCUT2D eigenvalue weighted by Crippen LogP contribution is 2.14. The van der Waals surface area contributed by atoms with Crippen molar-refractivity contribution in [3.05, 3.63) is 23.9 Å². The van der Waals surface area contributed by atoms with Crippen LogP contribution in [0, 0.1) is 0 Å². The smallest absolute Gasteiger partial charge is 0.213 e. The van der Waals surface area contributed by atoms with Gasteiger partial charge in [0, 0.05) is 24.9 Å². The zero-order valence-electron chi connectivity index (χ0n) is 10.6. The van der Waals surface area contributed by atoms with Gasteiger partial charge in [0.25, 0.3) is 0 Å². The summed E-state index contributed by atoms with van der Waals surface area (Å²) in [7, 11) is 1.93. The van der Waals surface area contributed by atoms with E-state index in [-0.39, 0.29) is 6.61 Å². The van der Waals surface area contributed by atoms with Crippen molar-refractivity contribution in [1.29, 1.82) is 0 Å². The summed E-state index contributed by atoms with van der Waals surface area (Å²) in [5, 5.41) is 11.8. The average Bonchev–Trinajstić information content (AvgIpc) is 2.38. The minimum atomic E-state index is 0.259. The van der Waals surface area contributed by atoms with Crippen molar-refractivity contribution in [1.82, 2.24) is 10.3 Å². The lowest BCUT2D eigenvalue weighted by Crippen LogP contribution is -2.12. The number of aromatic nitrogens is 1. The molecule has 1 unspecified atom stereocenters. The lowest BCUT2D eigenvalue weighted by atomic mass is 10.1. The molecule has 0 aliphatic heterocycles. The quantitative estimate of drug-likeness (QED) is 0.679. The van der Waals surface area contributed by atoms with Gasteiger partial charge in [0.1, 0.15) is 0 Å². The molecule has 1 atom stereocenters. The second-order valence-electron chi connectivity index (χ2n) is 4.07. The van der Waals surface area contributed by atoms with Crippen LogP contribution in [0.25, 0.3) is 0 Å². The summed E-state index contributed by atoms with van der Waals surface area (Å²) in [5.74, 6) is 0.668. The molecule has 17 heavy (non-hydrogen) atoms. The number of ether oxygens (including phenoxy) is 1. The Morgan fingerprint density at radius 3 is 2.76 bits per heavy atom. The largest absolute Gasteiger partial charge is 0.478 e. The Labute approximate surface area is 103 Å². The zero-order valence-corrected chi connectivity index (χ0v) is 10.6. The van der Waals surface area contributed by atoms with E-state index in [1.165, 1.54) is 0 Å². The van der Waals surface area contributed by atoms with Crippen LogP contribution in [-0.2, 0) is 0 Å². The number of nitrogens with zero attached hydrogens (tertiary/aromatic N) is 1. The molecule has 4 nitrogen and oxygen atoms in total. The number of aliphatic hydroxyl groups excluding tert-OH is 1. The predicted octanol–water partition coefficient (Wildman–Crippen LogP) is 1.90. The molecule has 96 valence electrons. The lowest BCUT2D eigenvalue weighted by molar-refractivity contribution is 0.262. The van der Waals surface area contributed by atoms with Gasteiger partial charge in [-0.1, -0.05) is 6.07 Å². The maximum atomic E-state index is 8.63. The Hall–Kier alpha value is -1.13. The second kappa shape index (κ2) is 8.03. The van der Waals surface area contributed by atoms with E-state index in [1.54, 1.807) is 0 Å². The molecule has 4 heteroatoms. The summed E-state index contributed by atoms with van der Waals surface area (Å²) in [4.78, 5) is 4.25. The lowest BCUT2D eigenvalue weighted by Gasteiger charge is -2.10. The molecule has 0 aliphatic rings. The Morgan fingerprint density at radius 1 is 1.35 bits per heavy atom. The first kappa shape index (κ1) is 13.9. The molecule has 0 fully saturated rings. The van der Waals surface area contributed by atoms with Crippen LogP contribution in [0.5, 0.6) is 5.88 Å². The van der Waals surface area contributed by atoms with Gasteiger partial charge >= 0.3 is 0 Å². The third kappa shape index (κ3) is 5.15. The maximum Gasteiger partial charge on any atom is 0.213 e. The summed E-state index contributed by atoms with van der Waals surface area (Å²) < 4.78 is 5.51. The van der Waals surface area contributed by atoms with Gasteiger partial charge in [0.15, 0.2) is 0 Å². The van der Waals surface area contributed by atoms with Gasteiger partial charge in [-0.25, -0.2) is 4.98 Å². The van der Waals surface area contributed by atoms with Crippen LogP contribution in [0.2, 0.25) is 0 Å². The maximum absolute atomic E-state index is 8.63. The topological polar surface area (TPSA) is 54.4 Å². The first-order valence-corrected chi connectivity index (χ1v) is 6.14. The van der Waals surface area contributed by atoms with Crippen molar-refractivity contribution in [3.8, 4) is 5.88 Å². The van der Waals surface area contributed by atoms with Crippen LogP contribution < -0.4 is 10.1 Å². The van der Waals surface area contributed by atoms with Crippen molar-refractivity contribution in [2.45, 2.75) is 32.2 Å². The number of aliphatic hydroxyl groups is 1. The molecule has 0 bridgehead atoms. The standard InChI is InChI=1S/C13H22N2O2/c1-11(14-2)12-6-7-13(15-10-12)17-9-5-3-4-8-16/h6-7,10-11,14,16H,3-5,8-9H2,1-2H3. The van der Waals surface area contributed by atoms with Gasteiger partial charge in [-0.05, 0) is 38.8 Å². The number of rotatable bonds is 8. The van der Waals surface area contributed by atoms with Gasteiger partial charge < -0.3 is 15.2 Å². The third-order valence-corrected chi connectivity index (χ3v) is 2.74.